The van der Waals surface area contributed by atoms with Crippen molar-refractivity contribution in [3.8, 4) is 0 Å². The van der Waals surface area contributed by atoms with E-state index in [2.05, 4.69) is 26.2 Å². The van der Waals surface area contributed by atoms with Gasteiger partial charge in [-0.2, -0.15) is 0 Å². The van der Waals surface area contributed by atoms with Crippen molar-refractivity contribution in [1.29, 1.82) is 0 Å². The highest BCUT2D eigenvalue weighted by atomic mass is 79.9. The first-order valence-corrected chi connectivity index (χ1v) is 4.49. The maximum absolute atomic E-state index is 11.7. The van der Waals surface area contributed by atoms with Gasteiger partial charge < -0.3 is 5.32 Å². The summed E-state index contributed by atoms with van der Waals surface area (Å²) in [7, 11) is 0. The largest absolute Gasteiger partial charge is 0.310 e. The summed E-state index contributed by atoms with van der Waals surface area (Å²) in [4.78, 5) is 4.04. The summed E-state index contributed by atoms with van der Waals surface area (Å²) in [5.74, 6) is 0. The second-order valence-electron chi connectivity index (χ2n) is 2.35. The summed E-state index contributed by atoms with van der Waals surface area (Å²) < 4.78 is 12.5. The van der Waals surface area contributed by atoms with Gasteiger partial charge in [0.05, 0.1) is 0 Å². The van der Waals surface area contributed by atoms with Crippen molar-refractivity contribution in [3.63, 3.8) is 0 Å². The molecule has 0 saturated carbocycles. The summed E-state index contributed by atoms with van der Waals surface area (Å²) >= 11 is 3.24. The SMILES string of the molecule is FCCNCc1ccc(Br)nc1. The van der Waals surface area contributed by atoms with Crippen molar-refractivity contribution in [3.05, 3.63) is 28.5 Å². The Labute approximate surface area is 79.3 Å². The summed E-state index contributed by atoms with van der Waals surface area (Å²) in [5.41, 5.74) is 1.06. The first-order chi connectivity index (χ1) is 5.83. The van der Waals surface area contributed by atoms with Gasteiger partial charge >= 0.3 is 0 Å². The van der Waals surface area contributed by atoms with Crippen LogP contribution in [0.25, 0.3) is 0 Å². The van der Waals surface area contributed by atoms with Gasteiger partial charge in [-0.25, -0.2) is 9.37 Å². The zero-order chi connectivity index (χ0) is 8.81. The molecule has 0 aliphatic heterocycles. The van der Waals surface area contributed by atoms with Crippen molar-refractivity contribution < 1.29 is 4.39 Å². The Morgan fingerprint density at radius 1 is 1.50 bits per heavy atom. The predicted molar refractivity (Wildman–Crippen MR) is 49.6 cm³/mol. The second kappa shape index (κ2) is 5.22. The van der Waals surface area contributed by atoms with Gasteiger partial charge in [-0.3, -0.25) is 0 Å². The van der Waals surface area contributed by atoms with Crippen LogP contribution in [-0.4, -0.2) is 18.2 Å². The van der Waals surface area contributed by atoms with Crippen molar-refractivity contribution in [1.82, 2.24) is 10.3 Å². The molecule has 1 heterocycles. The second-order valence-corrected chi connectivity index (χ2v) is 3.17. The van der Waals surface area contributed by atoms with Crippen LogP contribution in [0.15, 0.2) is 22.9 Å². The Morgan fingerprint density at radius 2 is 2.33 bits per heavy atom. The fourth-order valence-corrected chi connectivity index (χ4v) is 1.05. The molecule has 0 radical (unpaired) electrons. The van der Waals surface area contributed by atoms with Gasteiger partial charge in [0.25, 0.3) is 0 Å². The maximum Gasteiger partial charge on any atom is 0.106 e. The average Bonchev–Trinajstić information content (AvgIpc) is 2.09. The van der Waals surface area contributed by atoms with Gasteiger partial charge in [-0.15, -0.1) is 0 Å². The third kappa shape index (κ3) is 3.28. The summed E-state index contributed by atoms with van der Waals surface area (Å²) in [5, 5.41) is 2.94. The molecule has 0 aliphatic rings. The first-order valence-electron chi connectivity index (χ1n) is 3.70. The maximum atomic E-state index is 11.7. The molecule has 4 heteroatoms. The molecule has 1 aromatic rings. The van der Waals surface area contributed by atoms with Crippen molar-refractivity contribution in [2.75, 3.05) is 13.2 Å². The molecule has 0 bridgehead atoms. The lowest BCUT2D eigenvalue weighted by atomic mass is 10.3. The van der Waals surface area contributed by atoms with Crippen molar-refractivity contribution in [2.24, 2.45) is 0 Å². The molecule has 0 aliphatic carbocycles. The van der Waals surface area contributed by atoms with Crippen molar-refractivity contribution >= 4 is 15.9 Å². The van der Waals surface area contributed by atoms with Crippen LogP contribution in [0.3, 0.4) is 0 Å². The van der Waals surface area contributed by atoms with Crippen LogP contribution >= 0.6 is 15.9 Å². The van der Waals surface area contributed by atoms with E-state index in [1.54, 1.807) is 6.20 Å². The fraction of sp³-hybridized carbons (Fsp3) is 0.375. The van der Waals surface area contributed by atoms with E-state index in [9.17, 15) is 4.39 Å². The minimum atomic E-state index is -0.329. The Balaban J connectivity index is 2.37. The van der Waals surface area contributed by atoms with Crippen LogP contribution in [0, 0.1) is 0 Å². The minimum absolute atomic E-state index is 0.329. The molecule has 1 N–H and O–H groups in total. The highest BCUT2D eigenvalue weighted by Crippen LogP contribution is 2.05. The zero-order valence-electron chi connectivity index (χ0n) is 6.56. The minimum Gasteiger partial charge on any atom is -0.310 e. The van der Waals surface area contributed by atoms with E-state index in [0.717, 1.165) is 10.2 Å². The molecule has 0 unspecified atom stereocenters. The van der Waals surface area contributed by atoms with E-state index >= 15 is 0 Å². The quantitative estimate of drug-likeness (QED) is 0.634. The van der Waals surface area contributed by atoms with Gasteiger partial charge in [0.15, 0.2) is 0 Å². The fourth-order valence-electron chi connectivity index (χ4n) is 0.811. The van der Waals surface area contributed by atoms with E-state index in [0.29, 0.717) is 13.1 Å². The first kappa shape index (κ1) is 9.61. The van der Waals surface area contributed by atoms with Gasteiger partial charge in [0.2, 0.25) is 0 Å². The molecule has 0 aromatic carbocycles. The Kier molecular flexibility index (Phi) is 4.18. The Bertz CT molecular complexity index is 225. The summed E-state index contributed by atoms with van der Waals surface area (Å²) in [6.45, 7) is 0.740. The van der Waals surface area contributed by atoms with Crippen LogP contribution in [0.2, 0.25) is 0 Å². The smallest absolute Gasteiger partial charge is 0.106 e. The molecule has 1 rings (SSSR count). The number of halogens is 2. The highest BCUT2D eigenvalue weighted by Gasteiger charge is 1.92. The van der Waals surface area contributed by atoms with E-state index in [4.69, 9.17) is 0 Å². The van der Waals surface area contributed by atoms with Gasteiger partial charge in [0, 0.05) is 19.3 Å². The normalized spacial score (nSPS) is 10.2. The molecule has 0 fully saturated rings. The summed E-state index contributed by atoms with van der Waals surface area (Å²) in [6, 6.07) is 3.81. The number of nitrogens with one attached hydrogen (secondary N) is 1. The third-order valence-electron chi connectivity index (χ3n) is 1.39. The molecule has 0 spiro atoms. The Morgan fingerprint density at radius 3 is 2.92 bits per heavy atom. The number of nitrogens with zero attached hydrogens (tertiary/aromatic N) is 1. The number of aromatic nitrogens is 1. The number of pyridine rings is 1. The highest BCUT2D eigenvalue weighted by molar-refractivity contribution is 9.10. The molecule has 12 heavy (non-hydrogen) atoms. The third-order valence-corrected chi connectivity index (χ3v) is 1.86. The lowest BCUT2D eigenvalue weighted by Gasteiger charge is -2.00. The van der Waals surface area contributed by atoms with Crippen LogP contribution in [0.5, 0.6) is 0 Å². The molecule has 2 nitrogen and oxygen atoms in total. The number of rotatable bonds is 4. The van der Waals surface area contributed by atoms with Gasteiger partial charge in [-0.05, 0) is 27.6 Å². The molecular formula is C8H10BrFN2. The standard InChI is InChI=1S/C8H10BrFN2/c9-8-2-1-7(6-12-8)5-11-4-3-10/h1-2,6,11H,3-5H2. The van der Waals surface area contributed by atoms with Crippen LogP contribution in [-0.2, 0) is 6.54 Å². The van der Waals surface area contributed by atoms with Gasteiger partial charge in [0.1, 0.15) is 11.3 Å². The number of hydrogen-bond acceptors (Lipinski definition) is 2. The lowest BCUT2D eigenvalue weighted by Crippen LogP contribution is -2.15. The van der Waals surface area contributed by atoms with E-state index in [1.807, 2.05) is 12.1 Å². The zero-order valence-corrected chi connectivity index (χ0v) is 8.14. The van der Waals surface area contributed by atoms with E-state index in [1.165, 1.54) is 0 Å². The van der Waals surface area contributed by atoms with Crippen molar-refractivity contribution in [2.45, 2.75) is 6.54 Å². The molecule has 0 saturated heterocycles. The lowest BCUT2D eigenvalue weighted by molar-refractivity contribution is 0.466. The monoisotopic (exact) mass is 232 g/mol. The molecule has 66 valence electrons. The predicted octanol–water partition coefficient (Wildman–Crippen LogP) is 1.90. The topological polar surface area (TPSA) is 24.9 Å². The van der Waals surface area contributed by atoms with Crippen LogP contribution in [0.4, 0.5) is 4.39 Å². The summed E-state index contributed by atoms with van der Waals surface area (Å²) in [6.07, 6.45) is 1.76. The van der Waals surface area contributed by atoms with E-state index < -0.39 is 0 Å². The Hall–Kier alpha value is -0.480. The molecular weight excluding hydrogens is 223 g/mol. The molecule has 0 atom stereocenters. The van der Waals surface area contributed by atoms with Gasteiger partial charge in [-0.1, -0.05) is 6.07 Å². The van der Waals surface area contributed by atoms with Crippen LogP contribution < -0.4 is 5.32 Å². The number of hydrogen-bond donors (Lipinski definition) is 1. The number of alkyl halides is 1. The average molecular weight is 233 g/mol. The molecule has 0 amide bonds. The molecule has 1 aromatic heterocycles. The van der Waals surface area contributed by atoms with Crippen LogP contribution in [0.1, 0.15) is 5.56 Å². The van der Waals surface area contributed by atoms with E-state index in [-0.39, 0.29) is 6.67 Å².